The highest BCUT2D eigenvalue weighted by molar-refractivity contribution is 7.89. The quantitative estimate of drug-likeness (QED) is 0.786. The molecule has 0 N–H and O–H groups in total. The molecule has 0 amide bonds. The van der Waals surface area contributed by atoms with Gasteiger partial charge in [-0.1, -0.05) is 23.8 Å². The van der Waals surface area contributed by atoms with E-state index in [1.54, 1.807) is 30.7 Å². The number of methoxy groups -OCH3 is 2. The number of ether oxygens (including phenoxy) is 2. The minimum atomic E-state index is -3.52. The number of likely N-dealkylation sites (N-methyl/N-ethyl adjacent to an activating group) is 1. The molecule has 2 aromatic rings. The minimum absolute atomic E-state index is 0.0567. The van der Waals surface area contributed by atoms with Crippen LogP contribution in [0.5, 0.6) is 11.5 Å². The summed E-state index contributed by atoms with van der Waals surface area (Å²) in [5, 5.41) is 0. The van der Waals surface area contributed by atoms with Gasteiger partial charge in [0.25, 0.3) is 0 Å². The lowest BCUT2D eigenvalue weighted by molar-refractivity contribution is 0.148. The fraction of sp³-hybridized carbons (Fsp3) is 0.400. The van der Waals surface area contributed by atoms with Gasteiger partial charge in [-0.25, -0.2) is 8.42 Å². The number of nitrogens with zero attached hydrogens (tertiary/aromatic N) is 2. The van der Waals surface area contributed by atoms with Gasteiger partial charge in [0.2, 0.25) is 10.0 Å². The molecule has 6 nitrogen and oxygen atoms in total. The smallest absolute Gasteiger partial charge is 0.243 e. The van der Waals surface area contributed by atoms with Crippen LogP contribution in [0, 0.1) is 6.92 Å². The molecule has 1 atom stereocenters. The molecule has 0 aromatic heterocycles. The molecule has 1 fully saturated rings. The first-order valence-corrected chi connectivity index (χ1v) is 10.3. The van der Waals surface area contributed by atoms with E-state index in [2.05, 4.69) is 4.90 Å². The molecule has 146 valence electrons. The van der Waals surface area contributed by atoms with Crippen LogP contribution in [-0.4, -0.2) is 58.5 Å². The Morgan fingerprint density at radius 2 is 1.63 bits per heavy atom. The van der Waals surface area contributed by atoms with Crippen molar-refractivity contribution < 1.29 is 17.9 Å². The molecule has 3 rings (SSSR count). The van der Waals surface area contributed by atoms with Gasteiger partial charge >= 0.3 is 0 Å². The van der Waals surface area contributed by atoms with E-state index in [1.807, 2.05) is 44.3 Å². The molecular weight excluding hydrogens is 364 g/mol. The Labute approximate surface area is 161 Å². The fourth-order valence-electron chi connectivity index (χ4n) is 3.35. The van der Waals surface area contributed by atoms with E-state index in [0.29, 0.717) is 36.0 Å². The summed E-state index contributed by atoms with van der Waals surface area (Å²) in [7, 11) is 1.69. The van der Waals surface area contributed by atoms with E-state index in [-0.39, 0.29) is 6.04 Å². The number of aryl methyl sites for hydroxylation is 1. The van der Waals surface area contributed by atoms with Gasteiger partial charge in [0.15, 0.2) is 11.5 Å². The lowest BCUT2D eigenvalue weighted by Gasteiger charge is -2.39. The summed E-state index contributed by atoms with van der Waals surface area (Å²) in [6.07, 6.45) is 0. The highest BCUT2D eigenvalue weighted by Crippen LogP contribution is 2.34. The molecule has 1 aliphatic heterocycles. The normalized spacial score (nSPS) is 19.0. The minimum Gasteiger partial charge on any atom is -0.493 e. The standard InChI is InChI=1S/C20H26N2O4S/c1-15-5-8-17(9-6-15)27(23,24)22-12-11-21(2)18(14-22)16-7-10-19(25-3)20(13-16)26-4/h5-10,13,18H,11-12,14H2,1-4H3. The predicted octanol–water partition coefficient (Wildman–Crippen LogP) is 2.69. The number of sulfonamides is 1. The maximum atomic E-state index is 13.1. The van der Waals surface area contributed by atoms with Crippen LogP contribution in [0.15, 0.2) is 47.4 Å². The molecule has 1 heterocycles. The van der Waals surface area contributed by atoms with E-state index < -0.39 is 10.0 Å². The highest BCUT2D eigenvalue weighted by Gasteiger charge is 2.33. The third kappa shape index (κ3) is 3.95. The van der Waals surface area contributed by atoms with Gasteiger partial charge in [0.1, 0.15) is 0 Å². The van der Waals surface area contributed by atoms with E-state index in [1.165, 1.54) is 0 Å². The van der Waals surface area contributed by atoms with Gasteiger partial charge in [-0.2, -0.15) is 4.31 Å². The number of piperazine rings is 1. The lowest BCUT2D eigenvalue weighted by Crippen LogP contribution is -2.48. The van der Waals surface area contributed by atoms with Crippen LogP contribution >= 0.6 is 0 Å². The maximum Gasteiger partial charge on any atom is 0.243 e. The van der Waals surface area contributed by atoms with Crippen molar-refractivity contribution in [3.05, 3.63) is 53.6 Å². The van der Waals surface area contributed by atoms with Crippen LogP contribution in [-0.2, 0) is 10.0 Å². The number of hydrogen-bond donors (Lipinski definition) is 0. The average Bonchev–Trinajstić information content (AvgIpc) is 2.68. The third-order valence-electron chi connectivity index (χ3n) is 5.06. The summed E-state index contributed by atoms with van der Waals surface area (Å²) in [6.45, 7) is 3.46. The van der Waals surface area contributed by atoms with E-state index >= 15 is 0 Å². The van der Waals surface area contributed by atoms with Crippen LogP contribution in [0.4, 0.5) is 0 Å². The molecule has 1 aliphatic rings. The maximum absolute atomic E-state index is 13.1. The highest BCUT2D eigenvalue weighted by atomic mass is 32.2. The molecule has 0 radical (unpaired) electrons. The molecule has 27 heavy (non-hydrogen) atoms. The monoisotopic (exact) mass is 390 g/mol. The van der Waals surface area contributed by atoms with Crippen LogP contribution in [0.3, 0.4) is 0 Å². The molecule has 0 aliphatic carbocycles. The largest absolute Gasteiger partial charge is 0.493 e. The van der Waals surface area contributed by atoms with Gasteiger partial charge in [-0.15, -0.1) is 0 Å². The van der Waals surface area contributed by atoms with Gasteiger partial charge in [0.05, 0.1) is 19.1 Å². The van der Waals surface area contributed by atoms with Crippen molar-refractivity contribution >= 4 is 10.0 Å². The number of benzene rings is 2. The van der Waals surface area contributed by atoms with Crippen molar-refractivity contribution in [1.82, 2.24) is 9.21 Å². The topological polar surface area (TPSA) is 59.1 Å². The first kappa shape index (κ1) is 19.7. The van der Waals surface area contributed by atoms with Gasteiger partial charge < -0.3 is 9.47 Å². The molecule has 1 saturated heterocycles. The summed E-state index contributed by atoms with van der Waals surface area (Å²) in [6, 6.07) is 12.7. The molecule has 0 bridgehead atoms. The Morgan fingerprint density at radius 3 is 2.26 bits per heavy atom. The molecule has 1 unspecified atom stereocenters. The SMILES string of the molecule is COc1ccc(C2CN(S(=O)(=O)c3ccc(C)cc3)CCN2C)cc1OC. The molecule has 0 spiro atoms. The van der Waals surface area contributed by atoms with Crippen molar-refractivity contribution in [3.8, 4) is 11.5 Å². The Bertz CT molecular complexity index is 897. The zero-order valence-electron chi connectivity index (χ0n) is 16.2. The summed E-state index contributed by atoms with van der Waals surface area (Å²) < 4.78 is 38.4. The average molecular weight is 391 g/mol. The van der Waals surface area contributed by atoms with Crippen molar-refractivity contribution in [2.75, 3.05) is 40.9 Å². The lowest BCUT2D eigenvalue weighted by atomic mass is 10.0. The number of rotatable bonds is 5. The van der Waals surface area contributed by atoms with E-state index in [4.69, 9.17) is 9.47 Å². The summed E-state index contributed by atoms with van der Waals surface area (Å²) in [4.78, 5) is 2.51. The Balaban J connectivity index is 1.89. The predicted molar refractivity (Wildman–Crippen MR) is 105 cm³/mol. The molecule has 0 saturated carbocycles. The Morgan fingerprint density at radius 1 is 0.963 bits per heavy atom. The zero-order chi connectivity index (χ0) is 19.6. The van der Waals surface area contributed by atoms with E-state index in [0.717, 1.165) is 11.1 Å². The fourth-order valence-corrected chi connectivity index (χ4v) is 4.78. The summed E-state index contributed by atoms with van der Waals surface area (Å²) in [5.41, 5.74) is 2.04. The molecule has 7 heteroatoms. The first-order chi connectivity index (χ1) is 12.9. The van der Waals surface area contributed by atoms with Crippen molar-refractivity contribution in [1.29, 1.82) is 0 Å². The van der Waals surface area contributed by atoms with Crippen molar-refractivity contribution in [2.24, 2.45) is 0 Å². The second-order valence-electron chi connectivity index (χ2n) is 6.79. The number of hydrogen-bond acceptors (Lipinski definition) is 5. The third-order valence-corrected chi connectivity index (χ3v) is 6.94. The Hall–Kier alpha value is -2.09. The second-order valence-corrected chi connectivity index (χ2v) is 8.72. The van der Waals surface area contributed by atoms with Gasteiger partial charge in [-0.3, -0.25) is 4.90 Å². The zero-order valence-corrected chi connectivity index (χ0v) is 17.0. The molecular formula is C20H26N2O4S. The van der Waals surface area contributed by atoms with Crippen LogP contribution < -0.4 is 9.47 Å². The summed E-state index contributed by atoms with van der Waals surface area (Å²) >= 11 is 0. The van der Waals surface area contributed by atoms with Gasteiger partial charge in [-0.05, 0) is 43.8 Å². The molecule has 2 aromatic carbocycles. The van der Waals surface area contributed by atoms with Crippen LogP contribution in [0.1, 0.15) is 17.2 Å². The summed E-state index contributed by atoms with van der Waals surface area (Å²) in [5.74, 6) is 1.30. The van der Waals surface area contributed by atoms with Gasteiger partial charge in [0, 0.05) is 25.7 Å². The van der Waals surface area contributed by atoms with Crippen LogP contribution in [0.25, 0.3) is 0 Å². The second kappa shape index (κ2) is 7.88. The van der Waals surface area contributed by atoms with Crippen molar-refractivity contribution in [2.45, 2.75) is 17.9 Å². The van der Waals surface area contributed by atoms with Crippen LogP contribution in [0.2, 0.25) is 0 Å². The first-order valence-electron chi connectivity index (χ1n) is 8.86. The van der Waals surface area contributed by atoms with E-state index in [9.17, 15) is 8.42 Å². The van der Waals surface area contributed by atoms with Crippen molar-refractivity contribution in [3.63, 3.8) is 0 Å². The Kier molecular flexibility index (Phi) is 5.74.